The van der Waals surface area contributed by atoms with Crippen LogP contribution in [0.25, 0.3) is 17.1 Å². The molecule has 3 heterocycles. The topological polar surface area (TPSA) is 70.9 Å². The Morgan fingerprint density at radius 1 is 1.19 bits per heavy atom. The van der Waals surface area contributed by atoms with Gasteiger partial charge in [0, 0.05) is 44.1 Å². The smallest absolute Gasteiger partial charge is 0.351 e. The molecule has 4 rings (SSSR count). The van der Waals surface area contributed by atoms with Gasteiger partial charge in [0.15, 0.2) is 0 Å². The largest absolute Gasteiger partial charge is 0.420 e. The van der Waals surface area contributed by atoms with Gasteiger partial charge in [-0.1, -0.05) is 49.5 Å². The fourth-order valence-electron chi connectivity index (χ4n) is 4.01. The maximum absolute atomic E-state index is 13.8. The van der Waals surface area contributed by atoms with Gasteiger partial charge in [-0.2, -0.15) is 13.2 Å². The summed E-state index contributed by atoms with van der Waals surface area (Å²) in [5.74, 6) is 0.162. The maximum atomic E-state index is 13.8. The zero-order valence-electron chi connectivity index (χ0n) is 20.3. The summed E-state index contributed by atoms with van der Waals surface area (Å²) in [6, 6.07) is 5.94. The van der Waals surface area contributed by atoms with Crippen LogP contribution in [0.5, 0.6) is 0 Å². The van der Waals surface area contributed by atoms with Gasteiger partial charge in [-0.3, -0.25) is 4.31 Å². The predicted octanol–water partition coefficient (Wildman–Crippen LogP) is 5.65. The minimum atomic E-state index is -4.62. The molecule has 1 aromatic carbocycles. The third-order valence-electron chi connectivity index (χ3n) is 6.00. The number of aromatic nitrogens is 4. The van der Waals surface area contributed by atoms with E-state index < -0.39 is 11.7 Å². The number of nitrogens with zero attached hydrogens (tertiary/aromatic N) is 5. The van der Waals surface area contributed by atoms with Crippen LogP contribution in [-0.4, -0.2) is 55.3 Å². The van der Waals surface area contributed by atoms with Crippen LogP contribution in [0.3, 0.4) is 0 Å². The Bertz CT molecular complexity index is 1180. The first-order valence-electron chi connectivity index (χ1n) is 11.7. The van der Waals surface area contributed by atoms with Gasteiger partial charge in [-0.25, -0.2) is 15.0 Å². The van der Waals surface area contributed by atoms with E-state index in [1.54, 1.807) is 22.6 Å². The summed E-state index contributed by atoms with van der Waals surface area (Å²) in [5, 5.41) is 7.03. The Morgan fingerprint density at radius 2 is 1.94 bits per heavy atom. The summed E-state index contributed by atoms with van der Waals surface area (Å²) in [6.07, 6.45) is 2.91. The highest BCUT2D eigenvalue weighted by atomic mass is 35.5. The van der Waals surface area contributed by atoms with E-state index in [-0.39, 0.29) is 29.4 Å². The molecule has 1 saturated heterocycles. The number of halogens is 4. The van der Waals surface area contributed by atoms with E-state index in [1.807, 2.05) is 32.2 Å². The lowest BCUT2D eigenvalue weighted by atomic mass is 10.1. The van der Waals surface area contributed by atoms with Gasteiger partial charge in [0.25, 0.3) is 0 Å². The molecule has 2 N–H and O–H groups in total. The number of nitrogens with one attached hydrogen (secondary N) is 2. The Morgan fingerprint density at radius 3 is 2.61 bits per heavy atom. The van der Waals surface area contributed by atoms with Crippen LogP contribution in [0.1, 0.15) is 37.8 Å². The van der Waals surface area contributed by atoms with Crippen molar-refractivity contribution < 1.29 is 13.2 Å². The molecule has 0 spiro atoms. The number of anilines is 1. The molecule has 0 saturated carbocycles. The average molecular weight is 540 g/mol. The molecule has 1 aliphatic rings. The van der Waals surface area contributed by atoms with E-state index in [9.17, 15) is 13.2 Å². The van der Waals surface area contributed by atoms with Gasteiger partial charge < -0.3 is 15.2 Å². The van der Waals surface area contributed by atoms with Crippen molar-refractivity contribution in [2.24, 2.45) is 0 Å². The molecule has 194 valence electrons. The number of imidazole rings is 1. The highest BCUT2D eigenvalue weighted by molar-refractivity contribution is 7.96. The Labute approximate surface area is 218 Å². The van der Waals surface area contributed by atoms with E-state index >= 15 is 0 Å². The predicted molar refractivity (Wildman–Crippen MR) is 138 cm³/mol. The molecule has 0 bridgehead atoms. The Balaban J connectivity index is 1.63. The van der Waals surface area contributed by atoms with Crippen LogP contribution in [-0.2, 0) is 12.7 Å². The minimum Gasteiger partial charge on any atom is -0.351 e. The average Bonchev–Trinajstić information content (AvgIpc) is 3.33. The van der Waals surface area contributed by atoms with E-state index in [0.717, 1.165) is 37.7 Å². The fraction of sp³-hybridized carbons (Fsp3) is 0.458. The number of piperidine rings is 1. The zero-order chi connectivity index (χ0) is 25.9. The molecule has 0 atom stereocenters. The summed E-state index contributed by atoms with van der Waals surface area (Å²) in [6.45, 7) is 6.43. The van der Waals surface area contributed by atoms with Crippen LogP contribution in [0.15, 0.2) is 36.9 Å². The number of rotatable bonds is 8. The molecular formula is C24H29ClF3N7S. The van der Waals surface area contributed by atoms with Gasteiger partial charge in [0.05, 0.1) is 10.7 Å². The molecule has 0 aliphatic carbocycles. The number of alkyl halides is 3. The lowest BCUT2D eigenvalue weighted by Crippen LogP contribution is -2.35. The van der Waals surface area contributed by atoms with Gasteiger partial charge in [0.1, 0.15) is 23.3 Å². The molecule has 3 aromatic rings. The first-order chi connectivity index (χ1) is 17.2. The first kappa shape index (κ1) is 26.7. The normalized spacial score (nSPS) is 15.6. The third kappa shape index (κ3) is 6.31. The van der Waals surface area contributed by atoms with Crippen molar-refractivity contribution in [2.75, 3.05) is 24.7 Å². The second kappa shape index (κ2) is 11.4. The van der Waals surface area contributed by atoms with Crippen LogP contribution >= 0.6 is 23.5 Å². The van der Waals surface area contributed by atoms with Crippen molar-refractivity contribution in [2.45, 2.75) is 51.5 Å². The van der Waals surface area contributed by atoms with E-state index in [4.69, 9.17) is 11.6 Å². The molecule has 1 fully saturated rings. The molecular weight excluding hydrogens is 511 g/mol. The Kier molecular flexibility index (Phi) is 8.44. The Hall–Kier alpha value is -2.34. The fourth-order valence-corrected chi connectivity index (χ4v) is 4.88. The van der Waals surface area contributed by atoms with Crippen molar-refractivity contribution in [1.82, 2.24) is 29.1 Å². The molecule has 0 radical (unpaired) electrons. The zero-order valence-corrected chi connectivity index (χ0v) is 21.9. The highest BCUT2D eigenvalue weighted by Gasteiger charge is 2.36. The summed E-state index contributed by atoms with van der Waals surface area (Å²) in [7, 11) is 0. The van der Waals surface area contributed by atoms with Crippen LogP contribution in [0, 0.1) is 0 Å². The lowest BCUT2D eigenvalue weighted by molar-refractivity contribution is -0.137. The van der Waals surface area contributed by atoms with E-state index in [2.05, 4.69) is 29.9 Å². The van der Waals surface area contributed by atoms with E-state index in [1.165, 1.54) is 12.5 Å². The first-order valence-corrected chi connectivity index (χ1v) is 13.3. The summed E-state index contributed by atoms with van der Waals surface area (Å²) in [4.78, 5) is 12.5. The van der Waals surface area contributed by atoms with Crippen LogP contribution in [0.4, 0.5) is 19.1 Å². The summed E-state index contributed by atoms with van der Waals surface area (Å²) in [5.41, 5.74) is 0.396. The van der Waals surface area contributed by atoms with Crippen LogP contribution < -0.4 is 10.6 Å². The second-order valence-electron chi connectivity index (χ2n) is 8.94. The van der Waals surface area contributed by atoms with Gasteiger partial charge in [-0.05, 0) is 30.7 Å². The molecule has 1 aliphatic heterocycles. The van der Waals surface area contributed by atoms with Crippen molar-refractivity contribution in [1.29, 1.82) is 0 Å². The maximum Gasteiger partial charge on any atom is 0.420 e. The summed E-state index contributed by atoms with van der Waals surface area (Å²) >= 11 is 8.32. The quantitative estimate of drug-likeness (QED) is 0.358. The second-order valence-corrected chi connectivity index (χ2v) is 10.2. The van der Waals surface area contributed by atoms with Crippen molar-refractivity contribution in [3.8, 4) is 17.1 Å². The minimum absolute atomic E-state index is 0.0896. The van der Waals surface area contributed by atoms with Crippen LogP contribution in [0.2, 0.25) is 5.02 Å². The lowest BCUT2D eigenvalue weighted by Gasteiger charge is -2.30. The van der Waals surface area contributed by atoms with Crippen molar-refractivity contribution >= 4 is 29.5 Å². The van der Waals surface area contributed by atoms with Crippen molar-refractivity contribution in [3.05, 3.63) is 53.1 Å². The SMILES string of the molecule is CSN1CCC(Nc2ncc(C(F)(F)F)c(-c3cn(-c4cccc(CNC(C)C)c4Cl)cn3)n2)CC1. The number of benzene rings is 1. The van der Waals surface area contributed by atoms with Gasteiger partial charge in [-0.15, -0.1) is 0 Å². The van der Waals surface area contributed by atoms with E-state index in [0.29, 0.717) is 17.3 Å². The standard InChI is InChI=1S/C24H29ClF3N7S/c1-15(2)29-11-16-5-4-6-20(21(16)25)34-13-19(31-14-34)22-18(24(26,27)28)12-30-23(33-22)32-17-7-9-35(36-3)10-8-17/h4-6,12-15,17,29H,7-11H2,1-3H3,(H,30,32,33). The van der Waals surface area contributed by atoms with Gasteiger partial charge >= 0.3 is 6.18 Å². The monoisotopic (exact) mass is 539 g/mol. The van der Waals surface area contributed by atoms with Crippen molar-refractivity contribution in [3.63, 3.8) is 0 Å². The molecule has 12 heteroatoms. The third-order valence-corrected chi connectivity index (χ3v) is 7.32. The molecule has 36 heavy (non-hydrogen) atoms. The highest BCUT2D eigenvalue weighted by Crippen LogP contribution is 2.36. The molecule has 0 amide bonds. The molecule has 0 unspecified atom stereocenters. The van der Waals surface area contributed by atoms with Gasteiger partial charge in [0.2, 0.25) is 5.95 Å². The number of hydrogen-bond donors (Lipinski definition) is 2. The molecule has 2 aromatic heterocycles. The number of hydrogen-bond acceptors (Lipinski definition) is 7. The summed E-state index contributed by atoms with van der Waals surface area (Å²) < 4.78 is 45.4. The molecule has 7 nitrogen and oxygen atoms in total.